The van der Waals surface area contributed by atoms with Crippen molar-refractivity contribution in [3.63, 3.8) is 0 Å². The molecule has 1 aromatic carbocycles. The van der Waals surface area contributed by atoms with E-state index in [1.807, 2.05) is 44.2 Å². The van der Waals surface area contributed by atoms with Crippen LogP contribution in [0.4, 0.5) is 13.2 Å². The number of carbonyl (C=O) groups is 1. The second-order valence-corrected chi connectivity index (χ2v) is 6.68. The van der Waals surface area contributed by atoms with Crippen LogP contribution in [-0.2, 0) is 11.3 Å². The summed E-state index contributed by atoms with van der Waals surface area (Å²) in [6, 6.07) is 9.47. The van der Waals surface area contributed by atoms with E-state index in [1.165, 1.54) is 0 Å². The number of alkyl halides is 3. The summed E-state index contributed by atoms with van der Waals surface area (Å²) in [5, 5.41) is 13.6. The highest BCUT2D eigenvalue weighted by molar-refractivity contribution is 5.71. The first-order valence-electron chi connectivity index (χ1n) is 8.31. The number of para-hydroxylation sites is 1. The Balaban J connectivity index is 1.84. The van der Waals surface area contributed by atoms with E-state index in [2.05, 4.69) is 5.10 Å². The van der Waals surface area contributed by atoms with Crippen LogP contribution in [0, 0.1) is 25.7 Å². The zero-order valence-electron chi connectivity index (χ0n) is 14.5. The van der Waals surface area contributed by atoms with Crippen LogP contribution in [0.3, 0.4) is 0 Å². The van der Waals surface area contributed by atoms with E-state index < -0.39 is 24.0 Å². The molecular formula is C18H20F3N3O2. The number of hydrogen-bond donors (Lipinski definition) is 1. The van der Waals surface area contributed by atoms with Gasteiger partial charge < -0.3 is 5.11 Å². The Morgan fingerprint density at radius 2 is 1.88 bits per heavy atom. The Hall–Kier alpha value is -2.35. The average Bonchev–Trinajstić information content (AvgIpc) is 3.13. The number of aryl methyl sites for hydroxylation is 1. The number of aromatic nitrogens is 2. The number of carboxylic acid groups (broad SMARTS) is 1. The molecule has 0 bridgehead atoms. The van der Waals surface area contributed by atoms with Gasteiger partial charge in [-0.25, -0.2) is 4.68 Å². The van der Waals surface area contributed by atoms with E-state index in [0.29, 0.717) is 0 Å². The van der Waals surface area contributed by atoms with Crippen LogP contribution >= 0.6 is 0 Å². The van der Waals surface area contributed by atoms with E-state index in [-0.39, 0.29) is 19.6 Å². The van der Waals surface area contributed by atoms with Crippen LogP contribution in [0.5, 0.6) is 0 Å². The van der Waals surface area contributed by atoms with Crippen molar-refractivity contribution < 1.29 is 23.1 Å². The van der Waals surface area contributed by atoms with Crippen molar-refractivity contribution in [3.8, 4) is 5.69 Å². The lowest BCUT2D eigenvalue weighted by Gasteiger charge is -2.18. The van der Waals surface area contributed by atoms with Gasteiger partial charge in [-0.3, -0.25) is 9.69 Å². The van der Waals surface area contributed by atoms with E-state index in [4.69, 9.17) is 5.11 Å². The number of carboxylic acids is 1. The fourth-order valence-corrected chi connectivity index (χ4v) is 3.54. The minimum atomic E-state index is -4.52. The smallest absolute Gasteiger partial charge is 0.393 e. The second kappa shape index (κ2) is 6.75. The summed E-state index contributed by atoms with van der Waals surface area (Å²) >= 11 is 0. The first kappa shape index (κ1) is 18.4. The van der Waals surface area contributed by atoms with E-state index in [1.54, 1.807) is 9.58 Å². The van der Waals surface area contributed by atoms with Crippen molar-refractivity contribution in [3.05, 3.63) is 47.3 Å². The number of aliphatic carboxylic acids is 1. The van der Waals surface area contributed by atoms with E-state index in [9.17, 15) is 18.0 Å². The molecule has 5 nitrogen and oxygen atoms in total. The number of hydrogen-bond acceptors (Lipinski definition) is 3. The molecule has 0 amide bonds. The first-order chi connectivity index (χ1) is 12.2. The minimum Gasteiger partial charge on any atom is -0.481 e. The molecule has 1 fully saturated rings. The molecule has 1 aromatic heterocycles. The molecular weight excluding hydrogens is 347 g/mol. The zero-order valence-corrected chi connectivity index (χ0v) is 14.5. The van der Waals surface area contributed by atoms with Crippen LogP contribution in [0.2, 0.25) is 0 Å². The maximum atomic E-state index is 13.2. The Morgan fingerprint density at radius 1 is 1.23 bits per heavy atom. The SMILES string of the molecule is Cc1nn(-c2ccccc2)c(C)c1CN1C[C@@H](C(F)(F)F)[C@H](C(=O)O)C1. The van der Waals surface area contributed by atoms with Gasteiger partial charge in [0.15, 0.2) is 0 Å². The number of nitrogens with zero attached hydrogens (tertiary/aromatic N) is 3. The van der Waals surface area contributed by atoms with Crippen molar-refractivity contribution in [2.24, 2.45) is 11.8 Å². The summed E-state index contributed by atoms with van der Waals surface area (Å²) < 4.78 is 41.2. The van der Waals surface area contributed by atoms with Gasteiger partial charge >= 0.3 is 12.1 Å². The van der Waals surface area contributed by atoms with Gasteiger partial charge in [-0.05, 0) is 26.0 Å². The summed E-state index contributed by atoms with van der Waals surface area (Å²) in [5.74, 6) is -4.67. The summed E-state index contributed by atoms with van der Waals surface area (Å²) in [4.78, 5) is 12.8. The van der Waals surface area contributed by atoms with E-state index in [0.717, 1.165) is 22.6 Å². The third kappa shape index (κ3) is 3.46. The predicted molar refractivity (Wildman–Crippen MR) is 89.0 cm³/mol. The number of benzene rings is 1. The van der Waals surface area contributed by atoms with Crippen molar-refractivity contribution in [2.75, 3.05) is 13.1 Å². The monoisotopic (exact) mass is 367 g/mol. The second-order valence-electron chi connectivity index (χ2n) is 6.68. The van der Waals surface area contributed by atoms with E-state index >= 15 is 0 Å². The molecule has 0 saturated carbocycles. The topological polar surface area (TPSA) is 58.4 Å². The van der Waals surface area contributed by atoms with Crippen molar-refractivity contribution in [1.29, 1.82) is 0 Å². The van der Waals surface area contributed by atoms with Gasteiger partial charge in [-0.15, -0.1) is 0 Å². The highest BCUT2D eigenvalue weighted by Crippen LogP contribution is 2.38. The molecule has 0 unspecified atom stereocenters. The molecule has 0 radical (unpaired) electrons. The minimum absolute atomic E-state index is 0.116. The Morgan fingerprint density at radius 3 is 2.42 bits per heavy atom. The molecule has 26 heavy (non-hydrogen) atoms. The van der Waals surface area contributed by atoms with Gasteiger partial charge in [0, 0.05) is 30.9 Å². The third-order valence-corrected chi connectivity index (χ3v) is 4.96. The average molecular weight is 367 g/mol. The fraction of sp³-hybridized carbons (Fsp3) is 0.444. The van der Waals surface area contributed by atoms with Crippen LogP contribution in [-0.4, -0.2) is 45.0 Å². The molecule has 1 aliphatic rings. The van der Waals surface area contributed by atoms with Crippen LogP contribution in [0.1, 0.15) is 17.0 Å². The Kier molecular flexibility index (Phi) is 4.79. The molecule has 1 saturated heterocycles. The molecule has 2 atom stereocenters. The van der Waals surface area contributed by atoms with Crippen LogP contribution in [0.25, 0.3) is 5.69 Å². The molecule has 2 heterocycles. The highest BCUT2D eigenvalue weighted by atomic mass is 19.4. The lowest BCUT2D eigenvalue weighted by Crippen LogP contribution is -2.33. The lowest BCUT2D eigenvalue weighted by molar-refractivity contribution is -0.188. The predicted octanol–water partition coefficient (Wildman–Crippen LogP) is 3.18. The first-order valence-corrected chi connectivity index (χ1v) is 8.31. The molecule has 1 N–H and O–H groups in total. The van der Waals surface area contributed by atoms with Crippen LogP contribution in [0.15, 0.2) is 30.3 Å². The molecule has 0 spiro atoms. The van der Waals surface area contributed by atoms with Gasteiger partial charge in [0.05, 0.1) is 23.2 Å². The maximum Gasteiger partial charge on any atom is 0.393 e. The number of likely N-dealkylation sites (tertiary alicyclic amines) is 1. The molecule has 0 aliphatic carbocycles. The zero-order chi connectivity index (χ0) is 19.1. The largest absolute Gasteiger partial charge is 0.481 e. The number of halogens is 3. The van der Waals surface area contributed by atoms with Gasteiger partial charge in [-0.1, -0.05) is 18.2 Å². The maximum absolute atomic E-state index is 13.2. The normalized spacial score (nSPS) is 21.3. The van der Waals surface area contributed by atoms with Gasteiger partial charge in [-0.2, -0.15) is 18.3 Å². The Bertz CT molecular complexity index is 802. The van der Waals surface area contributed by atoms with Crippen LogP contribution < -0.4 is 0 Å². The highest BCUT2D eigenvalue weighted by Gasteiger charge is 2.52. The van der Waals surface area contributed by atoms with Crippen molar-refractivity contribution in [2.45, 2.75) is 26.6 Å². The summed E-state index contributed by atoms with van der Waals surface area (Å²) in [5.41, 5.74) is 3.28. The quantitative estimate of drug-likeness (QED) is 0.902. The fourth-order valence-electron chi connectivity index (χ4n) is 3.54. The van der Waals surface area contributed by atoms with Gasteiger partial charge in [0.2, 0.25) is 0 Å². The molecule has 8 heteroatoms. The summed E-state index contributed by atoms with van der Waals surface area (Å²) in [6.07, 6.45) is -4.52. The van der Waals surface area contributed by atoms with Gasteiger partial charge in [0.1, 0.15) is 0 Å². The van der Waals surface area contributed by atoms with Gasteiger partial charge in [0.25, 0.3) is 0 Å². The molecule has 3 rings (SSSR count). The van der Waals surface area contributed by atoms with Crippen molar-refractivity contribution >= 4 is 5.97 Å². The lowest BCUT2D eigenvalue weighted by atomic mass is 9.96. The Labute approximate surface area is 149 Å². The molecule has 2 aromatic rings. The standard InChI is InChI=1S/C18H20F3N3O2/c1-11-14(12(2)24(22-11)13-6-4-3-5-7-13)8-23-9-15(17(25)26)16(10-23)18(19,20)21/h3-7,15-16H,8-10H2,1-2H3,(H,25,26)/t15-,16-/m1/s1. The summed E-state index contributed by atoms with van der Waals surface area (Å²) in [7, 11) is 0. The summed E-state index contributed by atoms with van der Waals surface area (Å²) in [6.45, 7) is 3.51. The van der Waals surface area contributed by atoms with Crippen molar-refractivity contribution in [1.82, 2.24) is 14.7 Å². The number of rotatable bonds is 4. The third-order valence-electron chi connectivity index (χ3n) is 4.96. The molecule has 140 valence electrons. The molecule has 1 aliphatic heterocycles.